The molecule has 7 heteroatoms. The minimum absolute atomic E-state index is 0.513. The molecule has 1 aliphatic rings. The van der Waals surface area contributed by atoms with Crippen LogP contribution in [0.2, 0.25) is 0 Å². The van der Waals surface area contributed by atoms with Crippen LogP contribution < -0.4 is 10.5 Å². The first-order chi connectivity index (χ1) is 16.4. The number of nitrogens with two attached hydrogens (primary N) is 1. The summed E-state index contributed by atoms with van der Waals surface area (Å²) < 4.78 is 8.80. The van der Waals surface area contributed by atoms with Gasteiger partial charge in [-0.3, -0.25) is 0 Å². The molecule has 1 atom stereocenters. The minimum atomic E-state index is 0.513. The Morgan fingerprint density at radius 1 is 1.21 bits per heavy atom. The first-order valence-electron chi connectivity index (χ1n) is 12.0. The largest absolute Gasteiger partial charge is 0.495 e. The van der Waals surface area contributed by atoms with E-state index in [4.69, 9.17) is 10.5 Å². The van der Waals surface area contributed by atoms with Crippen LogP contribution in [-0.2, 0) is 6.42 Å². The molecule has 0 bridgehead atoms. The molecule has 0 aliphatic heterocycles. The zero-order valence-electron chi connectivity index (χ0n) is 20.5. The highest BCUT2D eigenvalue weighted by Crippen LogP contribution is 2.42. The van der Waals surface area contributed by atoms with Crippen LogP contribution in [0.5, 0.6) is 5.75 Å². The lowest BCUT2D eigenvalue weighted by atomic mass is 10.0. The number of hydrogen-bond donors (Lipinski definition) is 1. The topological polar surface area (TPSA) is 68.7 Å². The number of aromatic nitrogens is 3. The molecule has 6 nitrogen and oxygen atoms in total. The highest BCUT2D eigenvalue weighted by Gasteiger charge is 2.19. The maximum atomic E-state index is 6.38. The van der Waals surface area contributed by atoms with E-state index < -0.39 is 0 Å². The van der Waals surface area contributed by atoms with Crippen molar-refractivity contribution in [2.75, 3.05) is 26.9 Å². The quantitative estimate of drug-likeness (QED) is 0.353. The summed E-state index contributed by atoms with van der Waals surface area (Å²) in [7, 11) is 6.10. The monoisotopic (exact) mass is 475 g/mol. The normalized spacial score (nSPS) is 16.9. The molecule has 0 amide bonds. The summed E-state index contributed by atoms with van der Waals surface area (Å²) >= 11 is 1.73. The van der Waals surface area contributed by atoms with E-state index in [0.29, 0.717) is 11.9 Å². The Hall–Kier alpha value is -2.90. The number of aryl methyl sites for hydroxylation is 2. The number of ether oxygens (including phenoxy) is 1. The van der Waals surface area contributed by atoms with E-state index in [0.717, 1.165) is 45.7 Å². The van der Waals surface area contributed by atoms with Gasteiger partial charge in [0.05, 0.1) is 11.8 Å². The number of nitrogen functional groups attached to an aromatic ring is 1. The van der Waals surface area contributed by atoms with E-state index in [2.05, 4.69) is 66.3 Å². The van der Waals surface area contributed by atoms with E-state index in [1.807, 2.05) is 4.52 Å². The number of thiophene rings is 1. The Kier molecular flexibility index (Phi) is 6.32. The van der Waals surface area contributed by atoms with Crippen molar-refractivity contribution in [3.63, 3.8) is 0 Å². The van der Waals surface area contributed by atoms with Crippen LogP contribution in [0.3, 0.4) is 0 Å². The Balaban J connectivity index is 1.50. The average molecular weight is 476 g/mol. The molecular formula is C27H33N5OS. The van der Waals surface area contributed by atoms with Gasteiger partial charge in [0.1, 0.15) is 17.6 Å². The zero-order valence-corrected chi connectivity index (χ0v) is 21.3. The molecule has 4 aromatic rings. The fourth-order valence-electron chi connectivity index (χ4n) is 5.12. The number of benzene rings is 1. The molecular weight excluding hydrogens is 442 g/mol. The van der Waals surface area contributed by atoms with Crippen LogP contribution in [0.4, 0.5) is 5.82 Å². The van der Waals surface area contributed by atoms with Crippen molar-refractivity contribution in [3.05, 3.63) is 53.5 Å². The van der Waals surface area contributed by atoms with Gasteiger partial charge in [0.2, 0.25) is 0 Å². The molecule has 2 N–H and O–H groups in total. The summed E-state index contributed by atoms with van der Waals surface area (Å²) in [6.45, 7) is 2.10. The highest BCUT2D eigenvalue weighted by molar-refractivity contribution is 7.22. The first kappa shape index (κ1) is 22.9. The fraction of sp³-hybridized carbons (Fsp3) is 0.407. The summed E-state index contributed by atoms with van der Waals surface area (Å²) in [6.07, 6.45) is 10.9. The lowest BCUT2D eigenvalue weighted by Crippen LogP contribution is -2.26. The number of rotatable bonds is 6. The average Bonchev–Trinajstić information content (AvgIpc) is 3.31. The fourth-order valence-corrected chi connectivity index (χ4v) is 6.27. The number of anilines is 1. The maximum Gasteiger partial charge on any atom is 0.152 e. The lowest BCUT2D eigenvalue weighted by Gasteiger charge is -2.21. The summed E-state index contributed by atoms with van der Waals surface area (Å²) in [6, 6.07) is 9.43. The van der Waals surface area contributed by atoms with Crippen LogP contribution >= 0.6 is 11.3 Å². The Morgan fingerprint density at radius 3 is 2.85 bits per heavy atom. The third-order valence-corrected chi connectivity index (χ3v) is 8.21. The van der Waals surface area contributed by atoms with Crippen LogP contribution in [0.1, 0.15) is 43.4 Å². The van der Waals surface area contributed by atoms with Crippen molar-refractivity contribution in [1.29, 1.82) is 0 Å². The molecule has 0 saturated carbocycles. The number of allylic oxidation sites excluding steroid dienone is 1. The van der Waals surface area contributed by atoms with E-state index in [1.165, 1.54) is 35.9 Å². The number of methoxy groups -OCH3 is 1. The molecule has 1 unspecified atom stereocenters. The van der Waals surface area contributed by atoms with E-state index in [-0.39, 0.29) is 0 Å². The maximum absolute atomic E-state index is 6.38. The molecule has 178 valence electrons. The number of nitrogens with zero attached hydrogens (tertiary/aromatic N) is 4. The molecule has 1 aliphatic carbocycles. The predicted molar refractivity (Wildman–Crippen MR) is 142 cm³/mol. The molecule has 0 radical (unpaired) electrons. The van der Waals surface area contributed by atoms with Gasteiger partial charge in [-0.15, -0.1) is 11.3 Å². The molecule has 5 rings (SSSR count). The zero-order chi connectivity index (χ0) is 23.8. The SMILES string of the molecule is COc1cc(C)cc2cc(-c3cc(CCC4=CCC(N(C)C)CCC4)n4ncnc(N)c34)sc12. The van der Waals surface area contributed by atoms with Crippen LogP contribution in [0, 0.1) is 6.92 Å². The Bertz CT molecular complexity index is 1370. The van der Waals surface area contributed by atoms with E-state index in [1.54, 1.807) is 30.3 Å². The minimum Gasteiger partial charge on any atom is -0.495 e. The molecule has 34 heavy (non-hydrogen) atoms. The van der Waals surface area contributed by atoms with Crippen molar-refractivity contribution < 1.29 is 4.74 Å². The first-order valence-corrected chi connectivity index (χ1v) is 12.8. The Labute approximate surface area is 205 Å². The molecule has 3 heterocycles. The summed E-state index contributed by atoms with van der Waals surface area (Å²) in [4.78, 5) is 7.82. The molecule has 0 saturated heterocycles. The molecule has 0 spiro atoms. The third-order valence-electron chi connectivity index (χ3n) is 7.01. The van der Waals surface area contributed by atoms with Crippen LogP contribution in [0.25, 0.3) is 26.0 Å². The second kappa shape index (κ2) is 9.39. The van der Waals surface area contributed by atoms with Crippen molar-refractivity contribution in [2.24, 2.45) is 0 Å². The molecule has 3 aromatic heterocycles. The van der Waals surface area contributed by atoms with Crippen molar-refractivity contribution in [2.45, 2.75) is 51.5 Å². The molecule has 0 fully saturated rings. The molecule has 1 aromatic carbocycles. The smallest absolute Gasteiger partial charge is 0.152 e. The van der Waals surface area contributed by atoms with Gasteiger partial charge in [0, 0.05) is 22.2 Å². The van der Waals surface area contributed by atoms with Gasteiger partial charge in [-0.1, -0.05) is 17.7 Å². The second-order valence-electron chi connectivity index (χ2n) is 9.56. The van der Waals surface area contributed by atoms with E-state index >= 15 is 0 Å². The second-order valence-corrected chi connectivity index (χ2v) is 10.6. The third kappa shape index (κ3) is 4.30. The van der Waals surface area contributed by atoms with Crippen LogP contribution in [0.15, 0.2) is 42.2 Å². The number of fused-ring (bicyclic) bond motifs is 2. The van der Waals surface area contributed by atoms with Gasteiger partial charge < -0.3 is 15.4 Å². The van der Waals surface area contributed by atoms with Gasteiger partial charge in [-0.2, -0.15) is 5.10 Å². The lowest BCUT2D eigenvalue weighted by molar-refractivity contribution is 0.279. The Morgan fingerprint density at radius 2 is 2.06 bits per heavy atom. The standard InChI is InChI=1S/C27H33N5OS/c1-17-12-19-14-24(34-26(19)23(13-17)33-4)22-15-21(32-25(22)27(28)29-16-30-32)11-9-18-6-5-7-20(10-8-18)31(2)3/h8,12-16,20H,5-7,9-11H2,1-4H3,(H2,28,29,30). The van der Waals surface area contributed by atoms with Gasteiger partial charge >= 0.3 is 0 Å². The van der Waals surface area contributed by atoms with Gasteiger partial charge in [-0.25, -0.2) is 9.50 Å². The van der Waals surface area contributed by atoms with Gasteiger partial charge in [-0.05, 0) is 88.7 Å². The van der Waals surface area contributed by atoms with Crippen molar-refractivity contribution >= 4 is 32.8 Å². The van der Waals surface area contributed by atoms with Gasteiger partial charge in [0.25, 0.3) is 0 Å². The van der Waals surface area contributed by atoms with Crippen molar-refractivity contribution in [3.8, 4) is 16.2 Å². The van der Waals surface area contributed by atoms with Crippen LogP contribution in [-0.4, -0.2) is 46.7 Å². The summed E-state index contributed by atoms with van der Waals surface area (Å²) in [5.74, 6) is 1.43. The van der Waals surface area contributed by atoms with Gasteiger partial charge in [0.15, 0.2) is 5.82 Å². The van der Waals surface area contributed by atoms with E-state index in [9.17, 15) is 0 Å². The predicted octanol–water partition coefficient (Wildman–Crippen LogP) is 5.87. The summed E-state index contributed by atoms with van der Waals surface area (Å²) in [5, 5.41) is 5.77. The highest BCUT2D eigenvalue weighted by atomic mass is 32.1. The van der Waals surface area contributed by atoms with Crippen molar-refractivity contribution in [1.82, 2.24) is 19.5 Å². The summed E-state index contributed by atoms with van der Waals surface area (Å²) in [5.41, 5.74) is 12.3. The number of hydrogen-bond acceptors (Lipinski definition) is 6.